The van der Waals surface area contributed by atoms with Crippen LogP contribution in [0, 0.1) is 0 Å². The highest BCUT2D eigenvalue weighted by Gasteiger charge is 2.05. The smallest absolute Gasteiger partial charge is 0.212 e. The van der Waals surface area contributed by atoms with Crippen molar-refractivity contribution < 1.29 is 4.74 Å². The topological polar surface area (TPSA) is 35.0 Å². The van der Waals surface area contributed by atoms with Crippen LogP contribution in [-0.4, -0.2) is 23.3 Å². The molecular weight excluding hydrogens is 220 g/mol. The molecule has 0 amide bonds. The number of hydrogen-bond donors (Lipinski definition) is 0. The van der Waals surface area contributed by atoms with Crippen molar-refractivity contribution in [1.29, 1.82) is 0 Å². The molecule has 82 valence electrons. The number of aromatic nitrogens is 2. The molecule has 0 spiro atoms. The van der Waals surface area contributed by atoms with Crippen LogP contribution in [0.25, 0.3) is 11.1 Å². The average molecular weight is 232 g/mol. The predicted molar refractivity (Wildman–Crippen MR) is 65.8 cm³/mol. The van der Waals surface area contributed by atoms with Gasteiger partial charge < -0.3 is 4.74 Å². The zero-order chi connectivity index (χ0) is 11.4. The van der Waals surface area contributed by atoms with E-state index in [9.17, 15) is 0 Å². The van der Waals surface area contributed by atoms with Crippen molar-refractivity contribution in [2.24, 2.45) is 0 Å². The number of pyridine rings is 2. The highest BCUT2D eigenvalue weighted by Crippen LogP contribution is 2.28. The molecule has 16 heavy (non-hydrogen) atoms. The Bertz CT molecular complexity index is 471. The fourth-order valence-electron chi connectivity index (χ4n) is 1.43. The summed E-state index contributed by atoms with van der Waals surface area (Å²) >= 11 is 1.63. The Kier molecular flexibility index (Phi) is 3.41. The lowest BCUT2D eigenvalue weighted by molar-refractivity contribution is 0.398. The van der Waals surface area contributed by atoms with E-state index in [1.54, 1.807) is 31.3 Å². The summed E-state index contributed by atoms with van der Waals surface area (Å²) in [6.45, 7) is 0. The van der Waals surface area contributed by atoms with Crippen LogP contribution in [0.2, 0.25) is 0 Å². The van der Waals surface area contributed by atoms with Gasteiger partial charge in [0.15, 0.2) is 0 Å². The molecule has 0 bridgehead atoms. The minimum atomic E-state index is 0.623. The molecule has 2 aromatic rings. The van der Waals surface area contributed by atoms with Crippen LogP contribution in [0.15, 0.2) is 41.7 Å². The van der Waals surface area contributed by atoms with Gasteiger partial charge in [0.2, 0.25) is 5.88 Å². The molecule has 4 heteroatoms. The van der Waals surface area contributed by atoms with Gasteiger partial charge in [0, 0.05) is 29.6 Å². The summed E-state index contributed by atoms with van der Waals surface area (Å²) in [6.07, 6.45) is 5.62. The second kappa shape index (κ2) is 4.99. The summed E-state index contributed by atoms with van der Waals surface area (Å²) in [5, 5.41) is 1.01. The van der Waals surface area contributed by atoms with E-state index in [2.05, 4.69) is 9.97 Å². The average Bonchev–Trinajstić information content (AvgIpc) is 2.39. The Labute approximate surface area is 98.9 Å². The summed E-state index contributed by atoms with van der Waals surface area (Å²) < 4.78 is 5.03. The van der Waals surface area contributed by atoms with Crippen molar-refractivity contribution >= 4 is 11.8 Å². The fraction of sp³-hybridized carbons (Fsp3) is 0.167. The van der Waals surface area contributed by atoms with Crippen molar-refractivity contribution in [2.75, 3.05) is 13.4 Å². The Morgan fingerprint density at radius 2 is 2.06 bits per heavy atom. The molecule has 2 heterocycles. The lowest BCUT2D eigenvalue weighted by atomic mass is 10.1. The molecule has 0 aliphatic heterocycles. The number of nitrogens with zero attached hydrogens (tertiary/aromatic N) is 2. The Morgan fingerprint density at radius 3 is 2.69 bits per heavy atom. The summed E-state index contributed by atoms with van der Waals surface area (Å²) in [6, 6.07) is 7.82. The highest BCUT2D eigenvalue weighted by atomic mass is 32.2. The van der Waals surface area contributed by atoms with Gasteiger partial charge in [0.05, 0.1) is 7.11 Å². The highest BCUT2D eigenvalue weighted by molar-refractivity contribution is 7.98. The fourth-order valence-corrected chi connectivity index (χ4v) is 2.01. The van der Waals surface area contributed by atoms with E-state index >= 15 is 0 Å². The van der Waals surface area contributed by atoms with Crippen molar-refractivity contribution in [3.63, 3.8) is 0 Å². The molecule has 0 unspecified atom stereocenters. The van der Waals surface area contributed by atoms with E-state index in [1.165, 1.54) is 0 Å². The minimum Gasteiger partial charge on any atom is -0.481 e. The maximum atomic E-state index is 5.03. The summed E-state index contributed by atoms with van der Waals surface area (Å²) in [5.41, 5.74) is 2.16. The molecular formula is C12H12N2OS. The van der Waals surface area contributed by atoms with Crippen LogP contribution < -0.4 is 4.74 Å². The van der Waals surface area contributed by atoms with Gasteiger partial charge >= 0.3 is 0 Å². The summed E-state index contributed by atoms with van der Waals surface area (Å²) in [4.78, 5) is 8.51. The third kappa shape index (κ3) is 2.17. The minimum absolute atomic E-state index is 0.623. The van der Waals surface area contributed by atoms with Gasteiger partial charge in [0.1, 0.15) is 5.03 Å². The quantitative estimate of drug-likeness (QED) is 0.762. The summed E-state index contributed by atoms with van der Waals surface area (Å²) in [7, 11) is 1.61. The standard InChI is InChI=1S/C12H12N2OS/c1-15-11-6-5-9(8-14-11)10-4-3-7-13-12(10)16-2/h3-8H,1-2H3. The normalized spacial score (nSPS) is 10.1. The van der Waals surface area contributed by atoms with Crippen LogP contribution in [0.5, 0.6) is 5.88 Å². The zero-order valence-electron chi connectivity index (χ0n) is 9.18. The first kappa shape index (κ1) is 11.0. The SMILES string of the molecule is COc1ccc(-c2cccnc2SC)cn1. The number of methoxy groups -OCH3 is 1. The number of hydrogen-bond acceptors (Lipinski definition) is 4. The molecule has 0 saturated heterocycles. The Hall–Kier alpha value is -1.55. The Morgan fingerprint density at radius 1 is 1.19 bits per heavy atom. The van der Waals surface area contributed by atoms with E-state index in [0.717, 1.165) is 16.2 Å². The second-order valence-corrected chi connectivity index (χ2v) is 3.94. The molecule has 0 aliphatic carbocycles. The van der Waals surface area contributed by atoms with Crippen LogP contribution in [0.4, 0.5) is 0 Å². The predicted octanol–water partition coefficient (Wildman–Crippen LogP) is 2.87. The van der Waals surface area contributed by atoms with Gasteiger partial charge in [-0.3, -0.25) is 0 Å². The van der Waals surface area contributed by atoms with Gasteiger partial charge in [-0.1, -0.05) is 6.07 Å². The maximum absolute atomic E-state index is 5.03. The van der Waals surface area contributed by atoms with E-state index in [1.807, 2.05) is 30.5 Å². The molecule has 0 radical (unpaired) electrons. The third-order valence-corrected chi connectivity index (χ3v) is 2.93. The molecule has 0 fully saturated rings. The molecule has 3 nitrogen and oxygen atoms in total. The monoisotopic (exact) mass is 232 g/mol. The van der Waals surface area contributed by atoms with Crippen LogP contribution in [-0.2, 0) is 0 Å². The molecule has 2 aromatic heterocycles. The van der Waals surface area contributed by atoms with Gasteiger partial charge in [-0.2, -0.15) is 0 Å². The van der Waals surface area contributed by atoms with Crippen molar-refractivity contribution in [2.45, 2.75) is 5.03 Å². The summed E-state index contributed by atoms with van der Waals surface area (Å²) in [5.74, 6) is 0.623. The third-order valence-electron chi connectivity index (χ3n) is 2.22. The van der Waals surface area contributed by atoms with Gasteiger partial charge in [0.25, 0.3) is 0 Å². The Balaban J connectivity index is 2.42. The van der Waals surface area contributed by atoms with E-state index in [0.29, 0.717) is 5.88 Å². The van der Waals surface area contributed by atoms with Crippen molar-refractivity contribution in [3.05, 3.63) is 36.7 Å². The number of ether oxygens (including phenoxy) is 1. The first-order chi connectivity index (χ1) is 7.85. The molecule has 0 atom stereocenters. The molecule has 0 N–H and O–H groups in total. The maximum Gasteiger partial charge on any atom is 0.212 e. The van der Waals surface area contributed by atoms with E-state index in [4.69, 9.17) is 4.74 Å². The van der Waals surface area contributed by atoms with Gasteiger partial charge in [-0.15, -0.1) is 11.8 Å². The van der Waals surface area contributed by atoms with Gasteiger partial charge in [-0.25, -0.2) is 9.97 Å². The first-order valence-electron chi connectivity index (χ1n) is 4.84. The number of rotatable bonds is 3. The van der Waals surface area contributed by atoms with E-state index < -0.39 is 0 Å². The number of thioether (sulfide) groups is 1. The van der Waals surface area contributed by atoms with Crippen LogP contribution in [0.1, 0.15) is 0 Å². The second-order valence-electron chi connectivity index (χ2n) is 3.15. The van der Waals surface area contributed by atoms with Crippen molar-refractivity contribution in [1.82, 2.24) is 9.97 Å². The van der Waals surface area contributed by atoms with Crippen LogP contribution in [0.3, 0.4) is 0 Å². The van der Waals surface area contributed by atoms with Crippen molar-refractivity contribution in [3.8, 4) is 17.0 Å². The lowest BCUT2D eigenvalue weighted by Gasteiger charge is -2.06. The van der Waals surface area contributed by atoms with E-state index in [-0.39, 0.29) is 0 Å². The molecule has 2 rings (SSSR count). The lowest BCUT2D eigenvalue weighted by Crippen LogP contribution is -1.89. The van der Waals surface area contributed by atoms with Gasteiger partial charge in [-0.05, 0) is 18.4 Å². The molecule has 0 aliphatic rings. The van der Waals surface area contributed by atoms with Crippen LogP contribution >= 0.6 is 11.8 Å². The first-order valence-corrected chi connectivity index (χ1v) is 6.07. The molecule has 0 saturated carbocycles. The largest absolute Gasteiger partial charge is 0.481 e. The zero-order valence-corrected chi connectivity index (χ0v) is 9.99. The molecule has 0 aromatic carbocycles.